The minimum Gasteiger partial charge on any atom is -0.444 e. The Kier molecular flexibility index (Phi) is 25.2. The third kappa shape index (κ3) is 17.4. The first-order valence-corrected chi connectivity index (χ1v) is 38.5. The van der Waals surface area contributed by atoms with Crippen molar-refractivity contribution >= 4 is 69.3 Å². The van der Waals surface area contributed by atoms with Crippen molar-refractivity contribution in [3.05, 3.63) is 71.6 Å². The molecule has 4 saturated carbocycles. The molecular weight excluding hydrogens is 1310 g/mol. The summed E-state index contributed by atoms with van der Waals surface area (Å²) in [6.45, 7) is 15.6. The van der Waals surface area contributed by atoms with Crippen LogP contribution in [0.1, 0.15) is 233 Å². The predicted octanol–water partition coefficient (Wildman–Crippen LogP) is 12.6. The van der Waals surface area contributed by atoms with Crippen LogP contribution in [0.25, 0.3) is 21.8 Å². The average molecular weight is 1430 g/mol. The summed E-state index contributed by atoms with van der Waals surface area (Å²) in [7, 11) is 3.06. The van der Waals surface area contributed by atoms with Gasteiger partial charge in [-0.15, -0.1) is 0 Å². The molecule has 4 aliphatic carbocycles. The molecule has 7 amide bonds. The molecule has 0 spiro atoms. The highest BCUT2D eigenvalue weighted by Gasteiger charge is 2.57. The standard InChI is InChI=1S/C49H73FN6O8.C30H42FN5O2.CH4/c1-29(53(9)46(61)63-48(3,4)5)40(57)26-35(31-17-13-11-14-18-31)44(59)56-28-37(36-27-51-38-25-33(50)21-22-34(36)38)42-39(56)23-24-55(42)45(60)41(32-19-15-12-16-20-32)52-43(58)30(2)54(10)47(62)64-49(6,7)8;31-20-11-12-21-22(16-34-24(21)15-20)23-17-36(30(38)27(33)19-9-5-2-6-10-19)25-13-14-35(28(23)25)29(37)26(32)18-7-3-1-4-8-18;/h21-22,25,27,29-32,35,37,39,41-42,51H,11-20,23-24,26,28H2,1-10H3,(H,52,58);11-12,15-16,18-19,23,25-28,34H,1-10,13-14,17,32-33H2;1H4/t29-,30-,35-,37+,39+,41-,42+;23-,25-,26+,27+,28-;/m01./s1. The largest absolute Gasteiger partial charge is 0.444 e. The Morgan fingerprint density at radius 1 is 0.524 bits per heavy atom. The summed E-state index contributed by atoms with van der Waals surface area (Å²) < 4.78 is 39.6. The maximum Gasteiger partial charge on any atom is 0.410 e. The molecule has 103 heavy (non-hydrogen) atoms. The summed E-state index contributed by atoms with van der Waals surface area (Å²) in [4.78, 5) is 129. The zero-order chi connectivity index (χ0) is 73.2. The molecule has 2 aromatic carbocycles. The Hall–Kier alpha value is -7.14. The van der Waals surface area contributed by atoms with Gasteiger partial charge in [0.25, 0.3) is 0 Å². The fourth-order valence-corrected chi connectivity index (χ4v) is 18.6. The summed E-state index contributed by atoms with van der Waals surface area (Å²) in [6, 6.07) is 4.69. The van der Waals surface area contributed by atoms with E-state index in [4.69, 9.17) is 20.9 Å². The van der Waals surface area contributed by atoms with Gasteiger partial charge in [-0.2, -0.15) is 0 Å². The molecule has 6 heterocycles. The lowest BCUT2D eigenvalue weighted by atomic mass is 9.76. The van der Waals surface area contributed by atoms with Crippen molar-refractivity contribution in [3.8, 4) is 0 Å². The Labute approximate surface area is 608 Å². The Morgan fingerprint density at radius 3 is 1.33 bits per heavy atom. The number of rotatable bonds is 17. The van der Waals surface area contributed by atoms with Crippen molar-refractivity contribution in [2.24, 2.45) is 41.1 Å². The highest BCUT2D eigenvalue weighted by molar-refractivity contribution is 5.94. The van der Waals surface area contributed by atoms with E-state index in [9.17, 15) is 37.5 Å². The van der Waals surface area contributed by atoms with Crippen LogP contribution in [0.5, 0.6) is 0 Å². The first kappa shape index (κ1) is 78.4. The lowest BCUT2D eigenvalue weighted by molar-refractivity contribution is -0.142. The topological polar surface area (TPSA) is 270 Å². The number of Topliss-reactive ketones (excluding diaryl/α,β-unsaturated/α-hetero) is 1. The zero-order valence-electron chi connectivity index (χ0n) is 62.1. The van der Waals surface area contributed by atoms with E-state index in [0.717, 1.165) is 149 Å². The number of likely N-dealkylation sites (N-methyl/N-ethyl adjacent to an activating group) is 2. The minimum absolute atomic E-state index is 0. The molecule has 4 aromatic rings. The summed E-state index contributed by atoms with van der Waals surface area (Å²) in [5, 5.41) is 4.84. The number of hydrogen-bond donors (Lipinski definition) is 5. The first-order valence-electron chi connectivity index (χ1n) is 38.5. The molecule has 0 unspecified atom stereocenters. The van der Waals surface area contributed by atoms with E-state index in [1.54, 1.807) is 74.6 Å². The van der Waals surface area contributed by atoms with Gasteiger partial charge in [0.1, 0.15) is 34.9 Å². The van der Waals surface area contributed by atoms with Gasteiger partial charge < -0.3 is 60.7 Å². The van der Waals surface area contributed by atoms with Crippen molar-refractivity contribution in [1.29, 1.82) is 0 Å². The number of nitrogens with one attached hydrogen (secondary N) is 3. The van der Waals surface area contributed by atoms with Crippen LogP contribution >= 0.6 is 0 Å². The van der Waals surface area contributed by atoms with Crippen LogP contribution in [0.4, 0.5) is 18.4 Å². The second-order valence-corrected chi connectivity index (χ2v) is 33.3. The number of benzene rings is 2. The van der Waals surface area contributed by atoms with Gasteiger partial charge >= 0.3 is 12.2 Å². The normalized spacial score (nSPS) is 24.8. The number of amides is 7. The number of carbonyl (C=O) groups excluding carboxylic acids is 8. The van der Waals surface area contributed by atoms with Gasteiger partial charge in [-0.05, 0) is 191 Å². The second-order valence-electron chi connectivity index (χ2n) is 33.3. The number of ether oxygens (including phenoxy) is 2. The van der Waals surface area contributed by atoms with Crippen molar-refractivity contribution in [3.63, 3.8) is 0 Å². The van der Waals surface area contributed by atoms with Crippen LogP contribution in [0.2, 0.25) is 0 Å². The molecule has 4 saturated heterocycles. The zero-order valence-corrected chi connectivity index (χ0v) is 62.1. The molecule has 0 radical (unpaired) electrons. The predicted molar refractivity (Wildman–Crippen MR) is 394 cm³/mol. The summed E-state index contributed by atoms with van der Waals surface area (Å²) in [6.07, 6.45) is 23.7. The highest BCUT2D eigenvalue weighted by Crippen LogP contribution is 2.48. The molecule has 4 aliphatic heterocycles. The van der Waals surface area contributed by atoms with E-state index >= 15 is 9.59 Å². The SMILES string of the molecule is C.C[C@@H](C(=O)C[C@H](C(=O)N1C[C@H](c2c[nH]c3cc(F)ccc23)[C@@H]2[C@H]1CCN2C(=O)[C@@H](NC(=O)[C@H](C)N(C)C(=O)OC(C)(C)C)C1CCCCC1)C1CCCCC1)N(C)C(=O)OC(C)(C)C.N[C@H](C(=O)N1CC[C@@H]2[C@H]1[C@@H](c1c[nH]c3cc(F)ccc13)CN2C(=O)[C@@H](N)C1CCCCC1)C1CCCCC1. The van der Waals surface area contributed by atoms with Gasteiger partial charge in [0.2, 0.25) is 29.5 Å². The van der Waals surface area contributed by atoms with E-state index in [0.29, 0.717) is 31.6 Å². The van der Waals surface area contributed by atoms with Crippen molar-refractivity contribution in [1.82, 2.24) is 44.7 Å². The Bertz CT molecular complexity index is 3530. The van der Waals surface area contributed by atoms with Crippen LogP contribution in [0, 0.1) is 41.2 Å². The number of hydrogen-bond acceptors (Lipinski definition) is 12. The number of ketones is 1. The van der Waals surface area contributed by atoms with Crippen molar-refractivity contribution in [2.75, 3.05) is 40.3 Å². The van der Waals surface area contributed by atoms with Gasteiger partial charge in [-0.3, -0.25) is 33.7 Å². The monoisotopic (exact) mass is 1430 g/mol. The van der Waals surface area contributed by atoms with Gasteiger partial charge in [-0.1, -0.05) is 84.5 Å². The maximum atomic E-state index is 15.4. The van der Waals surface area contributed by atoms with Crippen LogP contribution in [-0.2, 0) is 38.2 Å². The molecule has 21 nitrogen and oxygen atoms in total. The number of nitrogens with zero attached hydrogens (tertiary/aromatic N) is 6. The highest BCUT2D eigenvalue weighted by atomic mass is 19.1. The van der Waals surface area contributed by atoms with Gasteiger partial charge in [-0.25, -0.2) is 18.4 Å². The van der Waals surface area contributed by atoms with Gasteiger partial charge in [0.15, 0.2) is 5.78 Å². The molecule has 12 atom stereocenters. The number of carbonyl (C=O) groups is 8. The summed E-state index contributed by atoms with van der Waals surface area (Å²) >= 11 is 0. The smallest absolute Gasteiger partial charge is 0.410 e. The number of aromatic nitrogens is 2. The molecule has 8 aliphatic rings. The van der Waals surface area contributed by atoms with Crippen molar-refractivity contribution in [2.45, 2.75) is 288 Å². The molecule has 12 rings (SSSR count). The molecule has 0 bridgehead atoms. The summed E-state index contributed by atoms with van der Waals surface area (Å²) in [5.41, 5.74) is 15.0. The Balaban J connectivity index is 0.000000247. The number of H-pyrrole nitrogens is 2. The van der Waals surface area contributed by atoms with E-state index in [2.05, 4.69) is 15.3 Å². The fraction of sp³-hybridized carbons (Fsp3) is 0.700. The fourth-order valence-electron chi connectivity index (χ4n) is 18.6. The van der Waals surface area contributed by atoms with Crippen LogP contribution < -0.4 is 16.8 Å². The number of fused-ring (bicyclic) bond motifs is 4. The van der Waals surface area contributed by atoms with Gasteiger partial charge in [0.05, 0.1) is 42.3 Å². The van der Waals surface area contributed by atoms with Gasteiger partial charge in [0, 0.05) is 98.6 Å². The van der Waals surface area contributed by atoms with Crippen LogP contribution in [-0.4, -0.2) is 193 Å². The number of nitrogens with two attached hydrogens (primary N) is 2. The number of likely N-dealkylation sites (tertiary alicyclic amines) is 4. The maximum absolute atomic E-state index is 15.4. The van der Waals surface area contributed by atoms with Crippen molar-refractivity contribution < 1.29 is 56.6 Å². The van der Waals surface area contributed by atoms with E-state index in [1.807, 2.05) is 32.0 Å². The van der Waals surface area contributed by atoms with E-state index in [1.165, 1.54) is 54.0 Å². The molecule has 8 fully saturated rings. The van der Waals surface area contributed by atoms with Crippen LogP contribution in [0.15, 0.2) is 48.8 Å². The Morgan fingerprint density at radius 2 is 0.903 bits per heavy atom. The lowest BCUT2D eigenvalue weighted by Crippen LogP contribution is -2.58. The second kappa shape index (κ2) is 33.1. The number of halogens is 2. The molecule has 2 aromatic heterocycles. The number of aromatic amines is 2. The molecule has 23 heteroatoms. The third-order valence-corrected chi connectivity index (χ3v) is 24.4. The third-order valence-electron chi connectivity index (χ3n) is 24.4. The van der Waals surface area contributed by atoms with E-state index < -0.39 is 71.5 Å². The van der Waals surface area contributed by atoms with E-state index in [-0.39, 0.29) is 115 Å². The first-order chi connectivity index (χ1) is 48.5. The lowest BCUT2D eigenvalue weighted by Gasteiger charge is -2.37. The summed E-state index contributed by atoms with van der Waals surface area (Å²) in [5.74, 6) is -2.42. The van der Waals surface area contributed by atoms with Crippen LogP contribution in [0.3, 0.4) is 0 Å². The molecular formula is C80H119F2N11O10. The molecule has 568 valence electrons. The molecule has 7 N–H and O–H groups in total. The quantitative estimate of drug-likeness (QED) is 0.0660. The average Bonchev–Trinajstić information content (AvgIpc) is 1.59. The minimum atomic E-state index is -0.926.